The Labute approximate surface area is 247 Å². The van der Waals surface area contributed by atoms with Crippen molar-refractivity contribution in [3.63, 3.8) is 0 Å². The van der Waals surface area contributed by atoms with E-state index in [-0.39, 0.29) is 24.4 Å². The van der Waals surface area contributed by atoms with E-state index in [1.807, 2.05) is 28.8 Å². The number of imidazole rings is 1. The molecule has 43 heavy (non-hydrogen) atoms. The third kappa shape index (κ3) is 5.54. The summed E-state index contributed by atoms with van der Waals surface area (Å²) < 4.78 is 24.5. The molecule has 1 amide bonds. The van der Waals surface area contributed by atoms with Gasteiger partial charge in [0.25, 0.3) is 0 Å². The van der Waals surface area contributed by atoms with Crippen LogP contribution in [0.25, 0.3) is 44.5 Å². The quantitative estimate of drug-likeness (QED) is 0.251. The number of aryl methyl sites for hydroxylation is 3. The summed E-state index contributed by atoms with van der Waals surface area (Å²) in [4.78, 5) is 31.3. The minimum absolute atomic E-state index is 0.0493. The minimum Gasteiger partial charge on any atom is -0.446 e. The maximum Gasteiger partial charge on any atom is 0.404 e. The molecule has 5 aromatic rings. The summed E-state index contributed by atoms with van der Waals surface area (Å²) in [6.07, 6.45) is 10.5. The van der Waals surface area contributed by atoms with Gasteiger partial charge in [-0.15, -0.1) is 5.10 Å². The number of rotatable bonds is 7. The minimum atomic E-state index is -0.650. The van der Waals surface area contributed by atoms with Crippen molar-refractivity contribution in [3.8, 4) is 22.4 Å². The van der Waals surface area contributed by atoms with Gasteiger partial charge in [-0.05, 0) is 49.7 Å². The fraction of sp³-hybridized carbons (Fsp3) is 0.419. The maximum absolute atomic E-state index is 15.0. The van der Waals surface area contributed by atoms with Crippen LogP contribution < -0.4 is 11.4 Å². The van der Waals surface area contributed by atoms with Crippen LogP contribution in [0.15, 0.2) is 41.5 Å². The molecular weight excluding hydrogens is 553 g/mol. The highest BCUT2D eigenvalue weighted by Crippen LogP contribution is 2.43. The summed E-state index contributed by atoms with van der Waals surface area (Å²) in [5, 5.41) is 13.9. The molecule has 1 aromatic carbocycles. The summed E-state index contributed by atoms with van der Waals surface area (Å²) in [5.41, 5.74) is 10.6. The lowest BCUT2D eigenvalue weighted by Gasteiger charge is -2.13. The van der Waals surface area contributed by atoms with Gasteiger partial charge in [0.15, 0.2) is 0 Å². The van der Waals surface area contributed by atoms with E-state index in [0.717, 1.165) is 78.1 Å². The van der Waals surface area contributed by atoms with Crippen molar-refractivity contribution in [2.75, 3.05) is 6.61 Å². The number of H-pyrrole nitrogens is 1. The maximum atomic E-state index is 15.0. The first-order valence-corrected chi connectivity index (χ1v) is 14.7. The molecule has 0 saturated heterocycles. The lowest BCUT2D eigenvalue weighted by atomic mass is 9.97. The lowest BCUT2D eigenvalue weighted by molar-refractivity contribution is 0.149. The summed E-state index contributed by atoms with van der Waals surface area (Å²) in [7, 11) is 3.48. The number of ether oxygens (including phenoxy) is 1. The number of pyridine rings is 1. The number of amides is 1. The molecule has 0 atom stereocenters. The van der Waals surface area contributed by atoms with Gasteiger partial charge in [0.1, 0.15) is 11.8 Å². The summed E-state index contributed by atoms with van der Waals surface area (Å²) in [6, 6.07) is 8.25. The van der Waals surface area contributed by atoms with Gasteiger partial charge in [-0.1, -0.05) is 37.1 Å². The van der Waals surface area contributed by atoms with Crippen LogP contribution in [-0.4, -0.2) is 52.8 Å². The number of nitrogens with two attached hydrogens (primary N) is 1. The highest BCUT2D eigenvalue weighted by molar-refractivity contribution is 6.14. The Morgan fingerprint density at radius 3 is 2.47 bits per heavy atom. The third-order valence-corrected chi connectivity index (χ3v) is 8.29. The number of hydrogen-bond acceptors (Lipinski definition) is 6. The van der Waals surface area contributed by atoms with Crippen molar-refractivity contribution in [2.45, 2.75) is 63.5 Å². The van der Waals surface area contributed by atoms with E-state index in [2.05, 4.69) is 25.5 Å². The second-order valence-corrected chi connectivity index (χ2v) is 11.4. The van der Waals surface area contributed by atoms with Gasteiger partial charge in [-0.2, -0.15) is 4.39 Å². The number of aromatic amines is 1. The molecule has 7 rings (SSSR count). The van der Waals surface area contributed by atoms with Gasteiger partial charge in [-0.3, -0.25) is 13.8 Å². The number of halogens is 1. The van der Waals surface area contributed by atoms with Crippen LogP contribution in [0.4, 0.5) is 9.18 Å². The molecule has 0 radical (unpaired) electrons. The molecule has 2 saturated carbocycles. The standard InChI is InChI=1S/C27H29FN6O2.C4H7NO2/c1-32-15-19(25(28)31-32)23-21(17-11-9-16(10-12-17)6-5-13-35)22-24-20(14-29-26(22)30-23)33(2)27(36)34(24)18-7-3-4-8-18;5-4(6)7-3-1-2-3/h9-12,14-15,18,35H,3-8,13H2,1-2H3,(H,29,30);3H,1-2H2,(H2,5,6). The van der Waals surface area contributed by atoms with E-state index in [9.17, 15) is 19.1 Å². The lowest BCUT2D eigenvalue weighted by Crippen LogP contribution is -2.24. The van der Waals surface area contributed by atoms with Crippen molar-refractivity contribution in [1.29, 1.82) is 0 Å². The van der Waals surface area contributed by atoms with Crippen molar-refractivity contribution >= 4 is 28.2 Å². The monoisotopic (exact) mass is 589 g/mol. The second-order valence-electron chi connectivity index (χ2n) is 11.4. The Hall–Kier alpha value is -4.45. The zero-order valence-electron chi connectivity index (χ0n) is 24.3. The Kier molecular flexibility index (Phi) is 7.78. The first-order chi connectivity index (χ1) is 20.8. The number of carbonyl (C=O) groups is 1. The number of carbonyl (C=O) groups excluding carboxylic acids is 1. The highest BCUT2D eigenvalue weighted by atomic mass is 19.1. The number of aliphatic hydroxyl groups is 1. The van der Waals surface area contributed by atoms with Crippen molar-refractivity contribution in [2.24, 2.45) is 19.8 Å². The number of fused-ring (bicyclic) bond motifs is 3. The molecular formula is C31H36FN7O4. The van der Waals surface area contributed by atoms with Crippen molar-refractivity contribution in [1.82, 2.24) is 28.9 Å². The van der Waals surface area contributed by atoms with E-state index in [0.29, 0.717) is 23.3 Å². The van der Waals surface area contributed by atoms with Gasteiger partial charge < -0.3 is 20.6 Å². The van der Waals surface area contributed by atoms with E-state index in [1.165, 1.54) is 4.68 Å². The zero-order valence-corrected chi connectivity index (χ0v) is 24.3. The number of aromatic nitrogens is 6. The van der Waals surface area contributed by atoms with Gasteiger partial charge in [0.05, 0.1) is 33.9 Å². The molecule has 4 N–H and O–H groups in total. The fourth-order valence-electron chi connectivity index (χ4n) is 6.07. The summed E-state index contributed by atoms with van der Waals surface area (Å²) >= 11 is 0. The van der Waals surface area contributed by atoms with Gasteiger partial charge in [0, 0.05) is 38.5 Å². The molecule has 4 aromatic heterocycles. The van der Waals surface area contributed by atoms with Gasteiger partial charge >= 0.3 is 11.8 Å². The van der Waals surface area contributed by atoms with E-state index < -0.39 is 12.0 Å². The van der Waals surface area contributed by atoms with E-state index >= 15 is 0 Å². The molecule has 2 aliphatic carbocycles. The van der Waals surface area contributed by atoms with Crippen LogP contribution in [0.5, 0.6) is 0 Å². The molecule has 0 unspecified atom stereocenters. The molecule has 0 spiro atoms. The molecule has 0 aliphatic heterocycles. The number of nitrogens with zero attached hydrogens (tertiary/aromatic N) is 5. The third-order valence-electron chi connectivity index (χ3n) is 8.29. The number of benzene rings is 1. The Morgan fingerprint density at radius 1 is 1.16 bits per heavy atom. The topological polar surface area (TPSA) is 146 Å². The predicted molar refractivity (Wildman–Crippen MR) is 161 cm³/mol. The largest absolute Gasteiger partial charge is 0.446 e. The number of aliphatic hydroxyl groups excluding tert-OH is 1. The molecule has 0 bridgehead atoms. The second kappa shape index (κ2) is 11.7. The van der Waals surface area contributed by atoms with Gasteiger partial charge in [0.2, 0.25) is 5.95 Å². The predicted octanol–water partition coefficient (Wildman–Crippen LogP) is 4.71. The average Bonchev–Trinajstić information content (AvgIpc) is 3.29. The highest BCUT2D eigenvalue weighted by Gasteiger charge is 2.28. The van der Waals surface area contributed by atoms with E-state index in [4.69, 9.17) is 0 Å². The number of primary amides is 1. The smallest absolute Gasteiger partial charge is 0.404 e. The first kappa shape index (κ1) is 28.7. The fourth-order valence-corrected chi connectivity index (χ4v) is 6.07. The Bertz CT molecular complexity index is 1840. The molecule has 12 heteroatoms. The zero-order chi connectivity index (χ0) is 30.2. The van der Waals surface area contributed by atoms with Crippen molar-refractivity contribution in [3.05, 3.63) is 58.7 Å². The normalized spacial score (nSPS) is 15.3. The van der Waals surface area contributed by atoms with Crippen LogP contribution in [0.1, 0.15) is 56.6 Å². The molecule has 226 valence electrons. The van der Waals surface area contributed by atoms with Crippen molar-refractivity contribution < 1.29 is 19.0 Å². The summed E-state index contributed by atoms with van der Waals surface area (Å²) in [5.74, 6) is -0.567. The van der Waals surface area contributed by atoms with Gasteiger partial charge in [-0.25, -0.2) is 14.6 Å². The van der Waals surface area contributed by atoms with Crippen LogP contribution >= 0.6 is 0 Å². The van der Waals surface area contributed by atoms with Crippen LogP contribution in [0.3, 0.4) is 0 Å². The SMILES string of the molecule is Cn1cc(-c2[nH]c3ncc4c(c3c2-c2ccc(CCCO)cc2)n(C2CCCC2)c(=O)n4C)c(F)n1.NC(=O)OC1CC1. The van der Waals surface area contributed by atoms with Crippen LogP contribution in [0.2, 0.25) is 0 Å². The number of nitrogens with one attached hydrogen (secondary N) is 1. The molecule has 4 heterocycles. The Morgan fingerprint density at radius 2 is 1.88 bits per heavy atom. The molecule has 2 aliphatic rings. The summed E-state index contributed by atoms with van der Waals surface area (Å²) in [6.45, 7) is 0.144. The first-order valence-electron chi connectivity index (χ1n) is 14.7. The Balaban J connectivity index is 0.000000415. The average molecular weight is 590 g/mol. The van der Waals surface area contributed by atoms with Crippen LogP contribution in [-0.2, 0) is 25.3 Å². The van der Waals surface area contributed by atoms with E-state index in [1.54, 1.807) is 31.1 Å². The molecule has 2 fully saturated rings. The molecule has 11 nitrogen and oxygen atoms in total. The van der Waals surface area contributed by atoms with Crippen LogP contribution in [0, 0.1) is 5.95 Å². The number of hydrogen-bond donors (Lipinski definition) is 3.